The Balaban J connectivity index is 1.61. The van der Waals surface area contributed by atoms with E-state index in [-0.39, 0.29) is 18.9 Å². The van der Waals surface area contributed by atoms with Crippen molar-refractivity contribution in [3.8, 4) is 5.75 Å². The Labute approximate surface area is 253 Å². The normalized spacial score (nSPS) is 17.1. The lowest BCUT2D eigenvalue weighted by molar-refractivity contribution is 0.0750. The second-order valence-corrected chi connectivity index (χ2v) is 11.3. The number of carbonyl (C=O) groups is 2. The summed E-state index contributed by atoms with van der Waals surface area (Å²) in [5, 5.41) is 17.5. The molecule has 0 fully saturated rings. The molecule has 43 heavy (non-hydrogen) atoms. The highest BCUT2D eigenvalue weighted by molar-refractivity contribution is 6.00. The average molecular weight is 591 g/mol. The Bertz CT molecular complexity index is 1400. The number of aromatic nitrogens is 1. The van der Waals surface area contributed by atoms with Crippen LogP contribution in [0.4, 0.5) is 4.39 Å². The van der Waals surface area contributed by atoms with E-state index in [2.05, 4.69) is 28.6 Å². The summed E-state index contributed by atoms with van der Waals surface area (Å²) in [5.74, 6) is -0.597. The van der Waals surface area contributed by atoms with Crippen LogP contribution in [0.15, 0.2) is 54.9 Å². The van der Waals surface area contributed by atoms with Crippen molar-refractivity contribution >= 4 is 11.8 Å². The van der Waals surface area contributed by atoms with Gasteiger partial charge < -0.3 is 25.4 Å². The zero-order valence-electron chi connectivity index (χ0n) is 25.4. The first kappa shape index (κ1) is 32.1. The zero-order valence-corrected chi connectivity index (χ0v) is 25.4. The molecule has 2 amide bonds. The fourth-order valence-electron chi connectivity index (χ4n) is 5.35. The van der Waals surface area contributed by atoms with Crippen LogP contribution >= 0.6 is 0 Å². The molecule has 0 spiro atoms. The molecule has 1 aromatic heterocycles. The van der Waals surface area contributed by atoms with E-state index in [9.17, 15) is 19.1 Å². The quantitative estimate of drug-likeness (QED) is 0.354. The zero-order chi connectivity index (χ0) is 30.8. The standard InChI is InChI=1S/C34H43FN4O4/c1-4-8-39-9-6-7-10-43-30-15-25(14-29(35)18-30)16-31(32(40)22-37-21-26-13-24(5-2)19-36-20-26)38-33(41)27-11-23(3)12-28(17-27)34(39)42/h11-15,17-20,31-32,37,40H,4-10,16,21-22H2,1-3H3,(H,38,41)/t31-,32+/m0/s1. The van der Waals surface area contributed by atoms with Gasteiger partial charge in [0.2, 0.25) is 0 Å². The number of ether oxygens (including phenoxy) is 1. The van der Waals surface area contributed by atoms with E-state index < -0.39 is 23.9 Å². The van der Waals surface area contributed by atoms with E-state index in [1.54, 1.807) is 35.4 Å². The number of aliphatic hydroxyl groups is 1. The maximum atomic E-state index is 14.6. The van der Waals surface area contributed by atoms with Crippen molar-refractivity contribution < 1.29 is 23.8 Å². The Kier molecular flexibility index (Phi) is 11.6. The van der Waals surface area contributed by atoms with Crippen LogP contribution in [0.3, 0.4) is 0 Å². The molecule has 3 aromatic rings. The number of nitrogens with zero attached hydrogens (tertiary/aromatic N) is 2. The van der Waals surface area contributed by atoms with Gasteiger partial charge in [0.15, 0.2) is 0 Å². The Morgan fingerprint density at radius 2 is 1.86 bits per heavy atom. The van der Waals surface area contributed by atoms with Crippen LogP contribution in [0, 0.1) is 12.7 Å². The van der Waals surface area contributed by atoms with Gasteiger partial charge in [0.25, 0.3) is 11.8 Å². The second-order valence-electron chi connectivity index (χ2n) is 11.3. The van der Waals surface area contributed by atoms with Crippen molar-refractivity contribution in [1.82, 2.24) is 20.5 Å². The molecule has 8 nitrogen and oxygen atoms in total. The summed E-state index contributed by atoms with van der Waals surface area (Å²) in [5.41, 5.74) is 4.28. The number of halogens is 1. The monoisotopic (exact) mass is 590 g/mol. The van der Waals surface area contributed by atoms with Gasteiger partial charge in [-0.25, -0.2) is 4.39 Å². The fourth-order valence-corrected chi connectivity index (χ4v) is 5.35. The highest BCUT2D eigenvalue weighted by Crippen LogP contribution is 2.20. The molecule has 3 N–H and O–H groups in total. The summed E-state index contributed by atoms with van der Waals surface area (Å²) in [6, 6.07) is 10.9. The van der Waals surface area contributed by atoms with Crippen LogP contribution in [-0.2, 0) is 19.4 Å². The number of aliphatic hydroxyl groups excluding tert-OH is 1. The van der Waals surface area contributed by atoms with E-state index in [1.165, 1.54) is 12.1 Å². The van der Waals surface area contributed by atoms with Crippen molar-refractivity contribution in [2.75, 3.05) is 26.2 Å². The Morgan fingerprint density at radius 1 is 1.07 bits per heavy atom. The molecule has 9 heteroatoms. The molecule has 2 aromatic carbocycles. The van der Waals surface area contributed by atoms with Crippen molar-refractivity contribution in [1.29, 1.82) is 0 Å². The van der Waals surface area contributed by atoms with Crippen molar-refractivity contribution in [3.05, 3.63) is 94.1 Å². The number of hydrogen-bond acceptors (Lipinski definition) is 6. The summed E-state index contributed by atoms with van der Waals surface area (Å²) < 4.78 is 20.5. The van der Waals surface area contributed by atoms with Crippen LogP contribution < -0.4 is 15.4 Å². The number of rotatable bonds is 8. The fraction of sp³-hybridized carbons (Fsp3) is 0.441. The van der Waals surface area contributed by atoms with Gasteiger partial charge in [0, 0.05) is 55.8 Å². The minimum atomic E-state index is -0.994. The van der Waals surface area contributed by atoms with Gasteiger partial charge in [0.05, 0.1) is 18.8 Å². The molecular formula is C34H43FN4O4. The van der Waals surface area contributed by atoms with E-state index in [0.717, 1.165) is 36.0 Å². The van der Waals surface area contributed by atoms with Crippen molar-refractivity contribution in [2.24, 2.45) is 0 Å². The molecule has 0 unspecified atom stereocenters. The van der Waals surface area contributed by atoms with E-state index >= 15 is 0 Å². The van der Waals surface area contributed by atoms with Crippen LogP contribution in [0.25, 0.3) is 0 Å². The summed E-state index contributed by atoms with van der Waals surface area (Å²) in [6.07, 6.45) is 5.90. The van der Waals surface area contributed by atoms with E-state index in [0.29, 0.717) is 55.1 Å². The number of benzene rings is 2. The van der Waals surface area contributed by atoms with Crippen LogP contribution in [0.2, 0.25) is 0 Å². The number of aryl methyl sites for hydroxylation is 2. The van der Waals surface area contributed by atoms with Gasteiger partial charge in [-0.1, -0.05) is 19.9 Å². The lowest BCUT2D eigenvalue weighted by atomic mass is 9.99. The van der Waals surface area contributed by atoms with Crippen molar-refractivity contribution in [3.63, 3.8) is 0 Å². The molecule has 0 saturated heterocycles. The van der Waals surface area contributed by atoms with Crippen LogP contribution in [0.5, 0.6) is 5.75 Å². The van der Waals surface area contributed by atoms with Gasteiger partial charge in [-0.3, -0.25) is 14.6 Å². The number of amides is 2. The van der Waals surface area contributed by atoms with Crippen LogP contribution in [0.1, 0.15) is 76.1 Å². The molecular weight excluding hydrogens is 547 g/mol. The van der Waals surface area contributed by atoms with Gasteiger partial charge in [0.1, 0.15) is 11.6 Å². The SMILES string of the molecule is CCCN1CCCCOc2cc(F)cc(c2)C[C@@H]([C@H](O)CNCc2cncc(CC)c2)NC(=O)c2cc(C)cc(c2)C1=O. The topological polar surface area (TPSA) is 104 Å². The Hall–Kier alpha value is -3.82. The van der Waals surface area contributed by atoms with E-state index in [4.69, 9.17) is 4.74 Å². The number of fused-ring (bicyclic) bond motifs is 4. The van der Waals surface area contributed by atoms with Gasteiger partial charge in [-0.15, -0.1) is 0 Å². The first-order valence-corrected chi connectivity index (χ1v) is 15.2. The molecule has 0 saturated carbocycles. The maximum absolute atomic E-state index is 14.6. The number of hydrogen-bond donors (Lipinski definition) is 3. The third-order valence-electron chi connectivity index (χ3n) is 7.57. The summed E-state index contributed by atoms with van der Waals surface area (Å²) >= 11 is 0. The molecule has 2 heterocycles. The molecule has 4 bridgehead atoms. The summed E-state index contributed by atoms with van der Waals surface area (Å²) in [4.78, 5) is 33.1. The number of carbonyl (C=O) groups excluding carboxylic acids is 2. The highest BCUT2D eigenvalue weighted by Gasteiger charge is 2.25. The molecule has 230 valence electrons. The lowest BCUT2D eigenvalue weighted by Gasteiger charge is -2.25. The smallest absolute Gasteiger partial charge is 0.253 e. The van der Waals surface area contributed by atoms with Crippen molar-refractivity contribution in [2.45, 2.75) is 71.6 Å². The largest absolute Gasteiger partial charge is 0.493 e. The lowest BCUT2D eigenvalue weighted by Crippen LogP contribution is -2.48. The van der Waals surface area contributed by atoms with Gasteiger partial charge in [-0.2, -0.15) is 0 Å². The minimum absolute atomic E-state index is 0.124. The third-order valence-corrected chi connectivity index (χ3v) is 7.57. The predicted octanol–water partition coefficient (Wildman–Crippen LogP) is 4.61. The molecule has 0 aliphatic carbocycles. The molecule has 1 aliphatic heterocycles. The molecule has 0 radical (unpaired) electrons. The second kappa shape index (κ2) is 15.6. The number of pyridine rings is 1. The van der Waals surface area contributed by atoms with E-state index in [1.807, 2.05) is 20.0 Å². The highest BCUT2D eigenvalue weighted by atomic mass is 19.1. The minimum Gasteiger partial charge on any atom is -0.493 e. The predicted molar refractivity (Wildman–Crippen MR) is 165 cm³/mol. The first-order valence-electron chi connectivity index (χ1n) is 15.2. The van der Waals surface area contributed by atoms with Gasteiger partial charge >= 0.3 is 0 Å². The summed E-state index contributed by atoms with van der Waals surface area (Å²) in [6.45, 7) is 8.15. The Morgan fingerprint density at radius 3 is 2.65 bits per heavy atom. The van der Waals surface area contributed by atoms with Gasteiger partial charge in [-0.05, 0) is 91.6 Å². The summed E-state index contributed by atoms with van der Waals surface area (Å²) in [7, 11) is 0. The molecule has 2 atom stereocenters. The number of nitrogens with one attached hydrogen (secondary N) is 2. The first-order chi connectivity index (χ1) is 20.7. The third kappa shape index (κ3) is 9.33. The molecule has 4 rings (SSSR count). The van der Waals surface area contributed by atoms with Crippen LogP contribution in [-0.4, -0.2) is 65.2 Å². The average Bonchev–Trinajstić information content (AvgIpc) is 2.98. The molecule has 1 aliphatic rings. The maximum Gasteiger partial charge on any atom is 0.253 e.